The molecule has 0 unspecified atom stereocenters. The van der Waals surface area contributed by atoms with E-state index in [1.54, 1.807) is 0 Å². The van der Waals surface area contributed by atoms with Crippen molar-refractivity contribution >= 4 is 11.6 Å². The largest absolute Gasteiger partial charge is 0.127 e. The number of rotatable bonds is 4. The lowest BCUT2D eigenvalue weighted by Crippen LogP contribution is -1.96. The van der Waals surface area contributed by atoms with Crippen molar-refractivity contribution in [1.29, 1.82) is 0 Å². The van der Waals surface area contributed by atoms with E-state index >= 15 is 0 Å². The molecule has 1 heteroatoms. The first kappa shape index (κ1) is 8.29. The zero-order valence-corrected chi connectivity index (χ0v) is 6.54. The first-order valence-corrected chi connectivity index (χ1v) is 3.94. The van der Waals surface area contributed by atoms with Gasteiger partial charge in [0.2, 0.25) is 0 Å². The molecule has 0 nitrogen and oxygen atoms in total. The molecule has 0 aliphatic carbocycles. The van der Waals surface area contributed by atoms with Crippen molar-refractivity contribution in [3.05, 3.63) is 0 Å². The minimum absolute atomic E-state index is 0.826. The summed E-state index contributed by atoms with van der Waals surface area (Å²) in [5.41, 5.74) is 0. The van der Waals surface area contributed by atoms with Crippen molar-refractivity contribution in [2.24, 2.45) is 5.92 Å². The van der Waals surface area contributed by atoms with E-state index in [-0.39, 0.29) is 0 Å². The van der Waals surface area contributed by atoms with Gasteiger partial charge in [0.25, 0.3) is 0 Å². The van der Waals surface area contributed by atoms with Crippen LogP contribution in [0.4, 0.5) is 0 Å². The molecule has 8 heavy (non-hydrogen) atoms. The van der Waals surface area contributed by atoms with Gasteiger partial charge in [-0.05, 0) is 12.3 Å². The summed E-state index contributed by atoms with van der Waals surface area (Å²) in [5, 5.41) is 0. The first-order chi connectivity index (χ1) is 3.85. The molecule has 0 amide bonds. The third-order valence-corrected chi connectivity index (χ3v) is 1.89. The van der Waals surface area contributed by atoms with Gasteiger partial charge in [0.05, 0.1) is 0 Å². The molecule has 0 spiro atoms. The van der Waals surface area contributed by atoms with E-state index in [2.05, 4.69) is 13.8 Å². The number of hydrogen-bond donors (Lipinski definition) is 0. The average molecular weight is 135 g/mol. The third-order valence-electron chi connectivity index (χ3n) is 1.67. The molecule has 0 atom stereocenters. The Hall–Kier alpha value is 0.290. The Morgan fingerprint density at radius 3 is 1.88 bits per heavy atom. The van der Waals surface area contributed by atoms with E-state index in [4.69, 9.17) is 11.6 Å². The molecule has 0 bridgehead atoms. The highest BCUT2D eigenvalue weighted by Gasteiger charge is 1.99. The molecular weight excluding hydrogens is 120 g/mol. The Morgan fingerprint density at radius 2 is 1.75 bits per heavy atom. The van der Waals surface area contributed by atoms with Crippen LogP contribution in [0.15, 0.2) is 0 Å². The van der Waals surface area contributed by atoms with Gasteiger partial charge in [0.15, 0.2) is 0 Å². The highest BCUT2D eigenvalue weighted by atomic mass is 35.5. The Balaban J connectivity index is 3.07. The maximum absolute atomic E-state index is 5.55. The van der Waals surface area contributed by atoms with Crippen molar-refractivity contribution < 1.29 is 0 Å². The van der Waals surface area contributed by atoms with Crippen molar-refractivity contribution in [1.82, 2.24) is 0 Å². The van der Waals surface area contributed by atoms with Crippen LogP contribution in [-0.2, 0) is 0 Å². The van der Waals surface area contributed by atoms with Crippen molar-refractivity contribution in [3.63, 3.8) is 0 Å². The summed E-state index contributed by atoms with van der Waals surface area (Å²) in [6, 6.07) is 0. The van der Waals surface area contributed by atoms with Crippen LogP contribution in [0.2, 0.25) is 0 Å². The van der Waals surface area contributed by atoms with E-state index in [0.717, 1.165) is 11.8 Å². The lowest BCUT2D eigenvalue weighted by atomic mass is 10.0. The van der Waals surface area contributed by atoms with Crippen LogP contribution in [0.1, 0.15) is 33.1 Å². The van der Waals surface area contributed by atoms with Crippen LogP contribution in [0.3, 0.4) is 0 Å². The molecule has 0 N–H and O–H groups in total. The molecule has 0 aromatic rings. The second-order valence-electron chi connectivity index (χ2n) is 2.16. The molecule has 0 saturated carbocycles. The van der Waals surface area contributed by atoms with Gasteiger partial charge >= 0.3 is 0 Å². The fraction of sp³-hybridized carbons (Fsp3) is 1.00. The summed E-state index contributed by atoms with van der Waals surface area (Å²) in [4.78, 5) is 0. The van der Waals surface area contributed by atoms with Gasteiger partial charge < -0.3 is 0 Å². The smallest absolute Gasteiger partial charge is 0.0226 e. The molecular formula is C7H15Cl. The van der Waals surface area contributed by atoms with Crippen molar-refractivity contribution in [3.8, 4) is 0 Å². The topological polar surface area (TPSA) is 0 Å². The molecule has 0 aliphatic heterocycles. The van der Waals surface area contributed by atoms with Gasteiger partial charge in [-0.25, -0.2) is 0 Å². The lowest BCUT2D eigenvalue weighted by Gasteiger charge is -2.07. The Kier molecular flexibility index (Phi) is 5.62. The van der Waals surface area contributed by atoms with Gasteiger partial charge in [-0.2, -0.15) is 0 Å². The summed E-state index contributed by atoms with van der Waals surface area (Å²) < 4.78 is 0. The minimum atomic E-state index is 0.826. The number of hydrogen-bond acceptors (Lipinski definition) is 0. The standard InChI is InChI=1S/C7H15Cl/c1-3-7(4-2)5-6-8/h7H,3-6H2,1-2H3. The zero-order valence-electron chi connectivity index (χ0n) is 5.78. The van der Waals surface area contributed by atoms with Crippen LogP contribution >= 0.6 is 11.6 Å². The molecule has 0 fully saturated rings. The summed E-state index contributed by atoms with van der Waals surface area (Å²) in [7, 11) is 0. The van der Waals surface area contributed by atoms with Crippen molar-refractivity contribution in [2.45, 2.75) is 33.1 Å². The highest BCUT2D eigenvalue weighted by Crippen LogP contribution is 2.12. The van der Waals surface area contributed by atoms with E-state index in [1.807, 2.05) is 0 Å². The van der Waals surface area contributed by atoms with E-state index < -0.39 is 0 Å². The fourth-order valence-corrected chi connectivity index (χ4v) is 1.16. The lowest BCUT2D eigenvalue weighted by molar-refractivity contribution is 0.480. The first-order valence-electron chi connectivity index (χ1n) is 3.41. The van der Waals surface area contributed by atoms with Gasteiger partial charge in [-0.15, -0.1) is 11.6 Å². The fourth-order valence-electron chi connectivity index (χ4n) is 0.851. The van der Waals surface area contributed by atoms with Crippen molar-refractivity contribution in [2.75, 3.05) is 5.88 Å². The van der Waals surface area contributed by atoms with Gasteiger partial charge in [-0.1, -0.05) is 26.7 Å². The average Bonchev–Trinajstić information content (AvgIpc) is 1.83. The molecule has 0 radical (unpaired) electrons. The summed E-state index contributed by atoms with van der Waals surface area (Å²) >= 11 is 5.55. The summed E-state index contributed by atoms with van der Waals surface area (Å²) in [6.07, 6.45) is 3.75. The Morgan fingerprint density at radius 1 is 1.25 bits per heavy atom. The second-order valence-corrected chi connectivity index (χ2v) is 2.54. The van der Waals surface area contributed by atoms with Gasteiger partial charge in [0, 0.05) is 5.88 Å². The molecule has 0 aromatic heterocycles. The predicted octanol–water partition coefficient (Wildman–Crippen LogP) is 3.05. The zero-order chi connectivity index (χ0) is 6.41. The van der Waals surface area contributed by atoms with Gasteiger partial charge in [-0.3, -0.25) is 0 Å². The van der Waals surface area contributed by atoms with Gasteiger partial charge in [0.1, 0.15) is 0 Å². The monoisotopic (exact) mass is 134 g/mol. The summed E-state index contributed by atoms with van der Waals surface area (Å²) in [5.74, 6) is 1.69. The van der Waals surface area contributed by atoms with Crippen LogP contribution in [0, 0.1) is 5.92 Å². The quantitative estimate of drug-likeness (QED) is 0.519. The summed E-state index contributed by atoms with van der Waals surface area (Å²) in [6.45, 7) is 4.45. The third kappa shape index (κ3) is 3.31. The molecule has 0 heterocycles. The van der Waals surface area contributed by atoms with Crippen LogP contribution in [0.25, 0.3) is 0 Å². The molecule has 0 aromatic carbocycles. The van der Waals surface area contributed by atoms with E-state index in [0.29, 0.717) is 0 Å². The maximum Gasteiger partial charge on any atom is 0.0226 e. The van der Waals surface area contributed by atoms with E-state index in [9.17, 15) is 0 Å². The van der Waals surface area contributed by atoms with E-state index in [1.165, 1.54) is 19.3 Å². The maximum atomic E-state index is 5.55. The Bertz CT molecular complexity index is 39.7. The molecule has 50 valence electrons. The molecule has 0 aliphatic rings. The second kappa shape index (κ2) is 5.43. The number of alkyl halides is 1. The minimum Gasteiger partial charge on any atom is -0.127 e. The molecule has 0 saturated heterocycles. The normalized spacial score (nSPS) is 10.5. The highest BCUT2D eigenvalue weighted by molar-refractivity contribution is 6.17. The Labute approximate surface area is 57.2 Å². The molecule has 0 rings (SSSR count). The van der Waals surface area contributed by atoms with Crippen LogP contribution in [0.5, 0.6) is 0 Å². The predicted molar refractivity (Wildman–Crippen MR) is 39.4 cm³/mol. The van der Waals surface area contributed by atoms with Crippen LogP contribution < -0.4 is 0 Å². The SMILES string of the molecule is CCC(CC)CCCl. The van der Waals surface area contributed by atoms with Crippen LogP contribution in [-0.4, -0.2) is 5.88 Å². The number of halogens is 1.